The zero-order valence-electron chi connectivity index (χ0n) is 31.8. The molecule has 0 radical (unpaired) electrons. The first kappa shape index (κ1) is 46.6. The molecule has 0 aliphatic heterocycles. The molecule has 0 fully saturated rings. The summed E-state index contributed by atoms with van der Waals surface area (Å²) in [5.74, 6) is -1.26. The molecular formula is C42H76N2O5. The molecule has 2 unspecified atom stereocenters. The molecule has 7 nitrogen and oxygen atoms in total. The highest BCUT2D eigenvalue weighted by Crippen LogP contribution is 2.19. The molecule has 0 spiro atoms. The van der Waals surface area contributed by atoms with Gasteiger partial charge in [-0.3, -0.25) is 9.59 Å². The smallest absolute Gasteiger partial charge is 0.326 e. The lowest BCUT2D eigenvalue weighted by atomic mass is 10.0. The van der Waals surface area contributed by atoms with Crippen molar-refractivity contribution in [1.82, 2.24) is 5.32 Å². The molecule has 0 aromatic heterocycles. The van der Waals surface area contributed by atoms with Crippen molar-refractivity contribution in [2.45, 2.75) is 206 Å². The molecule has 0 aromatic carbocycles. The van der Waals surface area contributed by atoms with Gasteiger partial charge in [0.05, 0.1) is 0 Å². The molecule has 0 aliphatic carbocycles. The van der Waals surface area contributed by atoms with Crippen LogP contribution in [-0.4, -0.2) is 41.6 Å². The molecule has 0 bridgehead atoms. The predicted octanol–water partition coefficient (Wildman–Crippen LogP) is 11.1. The third kappa shape index (κ3) is 33.8. The number of hydrogen-bond donors (Lipinski definition) is 3. The van der Waals surface area contributed by atoms with Crippen molar-refractivity contribution >= 4 is 17.8 Å². The number of esters is 1. The Morgan fingerprint density at radius 2 is 1.12 bits per heavy atom. The van der Waals surface area contributed by atoms with Crippen LogP contribution in [0.25, 0.3) is 0 Å². The Morgan fingerprint density at radius 1 is 0.612 bits per heavy atom. The van der Waals surface area contributed by atoms with E-state index in [1.54, 1.807) is 0 Å². The van der Waals surface area contributed by atoms with Gasteiger partial charge in [0.1, 0.15) is 12.1 Å². The molecule has 0 aromatic rings. The fourth-order valence-corrected chi connectivity index (χ4v) is 5.94. The van der Waals surface area contributed by atoms with Crippen LogP contribution in [0.4, 0.5) is 0 Å². The average molecular weight is 689 g/mol. The largest absolute Gasteiger partial charge is 0.480 e. The van der Waals surface area contributed by atoms with Crippen molar-refractivity contribution in [2.75, 3.05) is 6.54 Å². The summed E-state index contributed by atoms with van der Waals surface area (Å²) >= 11 is 0. The van der Waals surface area contributed by atoms with Crippen LogP contribution in [-0.2, 0) is 19.1 Å². The molecule has 49 heavy (non-hydrogen) atoms. The summed E-state index contributed by atoms with van der Waals surface area (Å²) in [5, 5.41) is 11.9. The van der Waals surface area contributed by atoms with E-state index in [9.17, 15) is 19.5 Å². The van der Waals surface area contributed by atoms with Gasteiger partial charge in [0.25, 0.3) is 0 Å². The fourth-order valence-electron chi connectivity index (χ4n) is 5.94. The summed E-state index contributed by atoms with van der Waals surface area (Å²) in [6, 6.07) is -0.857. The first-order valence-electron chi connectivity index (χ1n) is 20.3. The van der Waals surface area contributed by atoms with E-state index >= 15 is 0 Å². The van der Waals surface area contributed by atoms with Crippen LogP contribution in [0, 0.1) is 0 Å². The van der Waals surface area contributed by atoms with Gasteiger partial charge in [-0.1, -0.05) is 134 Å². The molecule has 0 rings (SSSR count). The number of rotatable bonds is 36. The molecule has 7 heteroatoms. The molecule has 0 heterocycles. The summed E-state index contributed by atoms with van der Waals surface area (Å²) in [6.45, 7) is 4.82. The van der Waals surface area contributed by atoms with Gasteiger partial charge >= 0.3 is 11.9 Å². The Kier molecular flexibility index (Phi) is 35.0. The first-order chi connectivity index (χ1) is 23.9. The molecule has 284 valence electrons. The average Bonchev–Trinajstić information content (AvgIpc) is 3.08. The minimum absolute atomic E-state index is 0.00208. The standard InChI is InChI=1S/C42H76N2O5/c1-3-5-7-9-11-13-15-16-17-19-21-26-30-36-41(46)49-38(32-27-23-20-18-14-12-10-8-6-4-2)33-28-24-22-25-29-35-40(45)44-39(42(47)48)34-31-37-43/h5,7,11,13,16-17,38-39H,3-4,6,8-10,12,14-15,18-37,43H2,1-2H3,(H,44,45)(H,47,48)/b7-5-,13-11-,17-16-. The second-order valence-corrected chi connectivity index (χ2v) is 13.7. The minimum Gasteiger partial charge on any atom is -0.480 e. The predicted molar refractivity (Wildman–Crippen MR) is 207 cm³/mol. The zero-order valence-corrected chi connectivity index (χ0v) is 31.8. The van der Waals surface area contributed by atoms with Crippen molar-refractivity contribution in [3.05, 3.63) is 36.5 Å². The van der Waals surface area contributed by atoms with Gasteiger partial charge in [-0.25, -0.2) is 4.79 Å². The summed E-state index contributed by atoms with van der Waals surface area (Å²) < 4.78 is 6.01. The molecule has 0 aliphatic rings. The van der Waals surface area contributed by atoms with E-state index in [1.807, 2.05) is 0 Å². The van der Waals surface area contributed by atoms with Gasteiger partial charge < -0.3 is 20.9 Å². The maximum Gasteiger partial charge on any atom is 0.326 e. The van der Waals surface area contributed by atoms with E-state index in [2.05, 4.69) is 55.6 Å². The number of amides is 1. The Morgan fingerprint density at radius 3 is 1.69 bits per heavy atom. The van der Waals surface area contributed by atoms with Crippen LogP contribution >= 0.6 is 0 Å². The minimum atomic E-state index is -1.01. The van der Waals surface area contributed by atoms with Crippen molar-refractivity contribution in [3.8, 4) is 0 Å². The number of nitrogens with one attached hydrogen (secondary N) is 1. The van der Waals surface area contributed by atoms with E-state index in [0.29, 0.717) is 32.2 Å². The quantitative estimate of drug-likeness (QED) is 0.0342. The van der Waals surface area contributed by atoms with Crippen LogP contribution in [0.3, 0.4) is 0 Å². The van der Waals surface area contributed by atoms with Crippen LogP contribution in [0.15, 0.2) is 36.5 Å². The van der Waals surface area contributed by atoms with Crippen LogP contribution in [0.2, 0.25) is 0 Å². The van der Waals surface area contributed by atoms with E-state index in [-0.39, 0.29) is 18.0 Å². The van der Waals surface area contributed by atoms with E-state index in [0.717, 1.165) is 96.3 Å². The monoisotopic (exact) mass is 689 g/mol. The lowest BCUT2D eigenvalue weighted by Gasteiger charge is -2.18. The number of hydrogen-bond acceptors (Lipinski definition) is 5. The number of allylic oxidation sites excluding steroid dienone is 6. The number of carboxylic acid groups (broad SMARTS) is 1. The Balaban J connectivity index is 4.35. The molecule has 1 amide bonds. The number of carbonyl (C=O) groups is 3. The summed E-state index contributed by atoms with van der Waals surface area (Å²) in [5.41, 5.74) is 5.47. The lowest BCUT2D eigenvalue weighted by Crippen LogP contribution is -2.40. The van der Waals surface area contributed by atoms with Crippen molar-refractivity contribution in [2.24, 2.45) is 5.73 Å². The Labute approximate surface area is 301 Å². The van der Waals surface area contributed by atoms with Gasteiger partial charge in [-0.05, 0) is 90.0 Å². The highest BCUT2D eigenvalue weighted by atomic mass is 16.5. The third-order valence-corrected chi connectivity index (χ3v) is 8.97. The normalized spacial score (nSPS) is 13.0. The summed E-state index contributed by atoms with van der Waals surface area (Å²) in [6.07, 6.45) is 41.8. The lowest BCUT2D eigenvalue weighted by molar-refractivity contribution is -0.150. The number of unbranched alkanes of at least 4 members (excludes halogenated alkanes) is 16. The van der Waals surface area contributed by atoms with Crippen LogP contribution in [0.1, 0.15) is 194 Å². The Bertz CT molecular complexity index is 869. The first-order valence-corrected chi connectivity index (χ1v) is 20.3. The summed E-state index contributed by atoms with van der Waals surface area (Å²) in [7, 11) is 0. The number of carbonyl (C=O) groups excluding carboxylic acids is 2. The highest BCUT2D eigenvalue weighted by Gasteiger charge is 2.19. The molecule has 2 atom stereocenters. The van der Waals surface area contributed by atoms with Crippen LogP contribution < -0.4 is 11.1 Å². The van der Waals surface area contributed by atoms with E-state index < -0.39 is 12.0 Å². The molecule has 4 N–H and O–H groups in total. The Hall–Kier alpha value is -2.41. The van der Waals surface area contributed by atoms with Gasteiger partial charge in [-0.15, -0.1) is 0 Å². The SMILES string of the molecule is CC/C=C\C/C=C\C/C=C\CCCCCC(=O)OC(CCCCCCCCCCCC)CCCCCCCC(=O)NC(CCCN)C(=O)O. The molecule has 0 saturated heterocycles. The van der Waals surface area contributed by atoms with Crippen LogP contribution in [0.5, 0.6) is 0 Å². The van der Waals surface area contributed by atoms with E-state index in [1.165, 1.54) is 57.8 Å². The second-order valence-electron chi connectivity index (χ2n) is 13.7. The van der Waals surface area contributed by atoms with Gasteiger partial charge in [0.2, 0.25) is 5.91 Å². The number of ether oxygens (including phenoxy) is 1. The van der Waals surface area contributed by atoms with Gasteiger partial charge in [0, 0.05) is 12.8 Å². The highest BCUT2D eigenvalue weighted by molar-refractivity contribution is 5.83. The summed E-state index contributed by atoms with van der Waals surface area (Å²) in [4.78, 5) is 36.2. The molecular weight excluding hydrogens is 612 g/mol. The maximum absolute atomic E-state index is 12.7. The molecule has 0 saturated carbocycles. The second kappa shape index (κ2) is 36.9. The van der Waals surface area contributed by atoms with Crippen molar-refractivity contribution < 1.29 is 24.2 Å². The number of carboxylic acids is 1. The third-order valence-electron chi connectivity index (χ3n) is 8.97. The van der Waals surface area contributed by atoms with Crippen molar-refractivity contribution in [3.63, 3.8) is 0 Å². The number of aliphatic carboxylic acids is 1. The topological polar surface area (TPSA) is 119 Å². The number of nitrogens with two attached hydrogens (primary N) is 1. The maximum atomic E-state index is 12.7. The fraction of sp³-hybridized carbons (Fsp3) is 0.786. The van der Waals surface area contributed by atoms with E-state index in [4.69, 9.17) is 10.5 Å². The van der Waals surface area contributed by atoms with Gasteiger partial charge in [0.15, 0.2) is 0 Å². The zero-order chi connectivity index (χ0) is 36.0. The van der Waals surface area contributed by atoms with Crippen molar-refractivity contribution in [1.29, 1.82) is 0 Å². The van der Waals surface area contributed by atoms with Gasteiger partial charge in [-0.2, -0.15) is 0 Å².